The fourth-order valence-corrected chi connectivity index (χ4v) is 1.49. The summed E-state index contributed by atoms with van der Waals surface area (Å²) in [7, 11) is 0. The van der Waals surface area contributed by atoms with Gasteiger partial charge in [-0.1, -0.05) is 13.0 Å². The predicted molar refractivity (Wildman–Crippen MR) is 66.3 cm³/mol. The quantitative estimate of drug-likeness (QED) is 0.745. The molecule has 88 valence electrons. The van der Waals surface area contributed by atoms with Crippen LogP contribution < -0.4 is 11.1 Å². The molecule has 0 aliphatic heterocycles. The second-order valence-corrected chi connectivity index (χ2v) is 3.85. The standard InChI is InChI=1S/C12H19N3O/c1-4-6-15-8-10(13)7-11(15)12(16)14-9(3)5-2/h5,7-9H,2,4,6,13H2,1,3H3,(H,14,16). The molecule has 0 radical (unpaired) electrons. The lowest BCUT2D eigenvalue weighted by Gasteiger charge is -2.11. The van der Waals surface area contributed by atoms with E-state index in [1.165, 1.54) is 0 Å². The molecule has 4 heteroatoms. The number of anilines is 1. The lowest BCUT2D eigenvalue weighted by atomic mass is 10.3. The molecule has 1 heterocycles. The fraction of sp³-hybridized carbons (Fsp3) is 0.417. The molecule has 0 saturated heterocycles. The topological polar surface area (TPSA) is 60.1 Å². The maximum absolute atomic E-state index is 11.9. The number of carbonyl (C=O) groups is 1. The van der Waals surface area contributed by atoms with Gasteiger partial charge in [0.2, 0.25) is 0 Å². The van der Waals surface area contributed by atoms with E-state index in [9.17, 15) is 4.79 Å². The lowest BCUT2D eigenvalue weighted by Crippen LogP contribution is -2.32. The molecular weight excluding hydrogens is 202 g/mol. The summed E-state index contributed by atoms with van der Waals surface area (Å²) in [4.78, 5) is 11.9. The van der Waals surface area contributed by atoms with E-state index in [0.717, 1.165) is 13.0 Å². The van der Waals surface area contributed by atoms with Crippen LogP contribution in [0.25, 0.3) is 0 Å². The van der Waals surface area contributed by atoms with Gasteiger partial charge in [0.15, 0.2) is 0 Å². The Balaban J connectivity index is 2.85. The van der Waals surface area contributed by atoms with Crippen molar-refractivity contribution >= 4 is 11.6 Å². The number of nitrogens with one attached hydrogen (secondary N) is 1. The van der Waals surface area contributed by atoms with Crippen LogP contribution in [0.5, 0.6) is 0 Å². The van der Waals surface area contributed by atoms with E-state index in [-0.39, 0.29) is 11.9 Å². The molecule has 3 N–H and O–H groups in total. The molecule has 0 spiro atoms. The van der Waals surface area contributed by atoms with Crippen molar-refractivity contribution in [2.45, 2.75) is 32.9 Å². The molecule has 0 aliphatic carbocycles. The SMILES string of the molecule is C=CC(C)NC(=O)c1cc(N)cn1CCC. The van der Waals surface area contributed by atoms with Crippen molar-refractivity contribution in [3.63, 3.8) is 0 Å². The molecule has 0 aliphatic rings. The molecule has 0 fully saturated rings. The number of aromatic nitrogens is 1. The van der Waals surface area contributed by atoms with E-state index in [1.54, 1.807) is 18.3 Å². The van der Waals surface area contributed by atoms with Crippen LogP contribution in [0.4, 0.5) is 5.69 Å². The van der Waals surface area contributed by atoms with Gasteiger partial charge in [-0.2, -0.15) is 0 Å². The third-order valence-electron chi connectivity index (χ3n) is 2.33. The Morgan fingerprint density at radius 1 is 1.75 bits per heavy atom. The van der Waals surface area contributed by atoms with Crippen LogP contribution in [0.15, 0.2) is 24.9 Å². The van der Waals surface area contributed by atoms with Gasteiger partial charge in [-0.25, -0.2) is 0 Å². The number of rotatable bonds is 5. The molecule has 1 aromatic rings. The average molecular weight is 221 g/mol. The Hall–Kier alpha value is -1.71. The molecule has 0 aromatic carbocycles. The summed E-state index contributed by atoms with van der Waals surface area (Å²) in [5.41, 5.74) is 6.91. The Morgan fingerprint density at radius 3 is 3.00 bits per heavy atom. The Bertz CT molecular complexity index is 382. The molecule has 0 saturated carbocycles. The Kier molecular flexibility index (Phi) is 4.17. The molecule has 16 heavy (non-hydrogen) atoms. The average Bonchev–Trinajstić information content (AvgIpc) is 2.60. The smallest absolute Gasteiger partial charge is 0.268 e. The molecule has 0 bridgehead atoms. The number of aryl methyl sites for hydroxylation is 1. The van der Waals surface area contributed by atoms with E-state index in [0.29, 0.717) is 11.4 Å². The minimum absolute atomic E-state index is 0.0429. The first kappa shape index (κ1) is 12.4. The summed E-state index contributed by atoms with van der Waals surface area (Å²) in [6, 6.07) is 1.65. The van der Waals surface area contributed by atoms with Gasteiger partial charge in [0.25, 0.3) is 5.91 Å². The number of nitrogens with two attached hydrogens (primary N) is 1. The van der Waals surface area contributed by atoms with Crippen molar-refractivity contribution in [1.29, 1.82) is 0 Å². The molecule has 1 unspecified atom stereocenters. The third-order valence-corrected chi connectivity index (χ3v) is 2.33. The second-order valence-electron chi connectivity index (χ2n) is 3.85. The highest BCUT2D eigenvalue weighted by Gasteiger charge is 2.13. The zero-order chi connectivity index (χ0) is 12.1. The number of hydrogen-bond acceptors (Lipinski definition) is 2. The summed E-state index contributed by atoms with van der Waals surface area (Å²) >= 11 is 0. The largest absolute Gasteiger partial charge is 0.397 e. The molecule has 1 atom stereocenters. The minimum atomic E-state index is -0.113. The van der Waals surface area contributed by atoms with Gasteiger partial charge in [-0.3, -0.25) is 4.79 Å². The first-order valence-electron chi connectivity index (χ1n) is 5.47. The first-order valence-corrected chi connectivity index (χ1v) is 5.47. The Morgan fingerprint density at radius 2 is 2.44 bits per heavy atom. The number of carbonyl (C=O) groups excluding carboxylic acids is 1. The molecule has 1 rings (SSSR count). The first-order chi connectivity index (χ1) is 7.58. The van der Waals surface area contributed by atoms with Crippen LogP contribution in [0, 0.1) is 0 Å². The van der Waals surface area contributed by atoms with Gasteiger partial charge in [-0.15, -0.1) is 6.58 Å². The summed E-state index contributed by atoms with van der Waals surface area (Å²) < 4.78 is 1.88. The Labute approximate surface area is 96.1 Å². The van der Waals surface area contributed by atoms with E-state index >= 15 is 0 Å². The zero-order valence-corrected chi connectivity index (χ0v) is 9.86. The zero-order valence-electron chi connectivity index (χ0n) is 9.86. The predicted octanol–water partition coefficient (Wildman–Crippen LogP) is 1.78. The highest BCUT2D eigenvalue weighted by Crippen LogP contribution is 2.11. The van der Waals surface area contributed by atoms with Gasteiger partial charge >= 0.3 is 0 Å². The fourth-order valence-electron chi connectivity index (χ4n) is 1.49. The highest BCUT2D eigenvalue weighted by molar-refractivity contribution is 5.94. The monoisotopic (exact) mass is 221 g/mol. The molecule has 4 nitrogen and oxygen atoms in total. The van der Waals surface area contributed by atoms with E-state index < -0.39 is 0 Å². The molecular formula is C12H19N3O. The third kappa shape index (κ3) is 2.89. The van der Waals surface area contributed by atoms with Crippen LogP contribution in [0.2, 0.25) is 0 Å². The number of hydrogen-bond donors (Lipinski definition) is 2. The van der Waals surface area contributed by atoms with Crippen molar-refractivity contribution in [1.82, 2.24) is 9.88 Å². The number of nitrogens with zero attached hydrogens (tertiary/aromatic N) is 1. The minimum Gasteiger partial charge on any atom is -0.397 e. The number of amides is 1. The molecule has 1 aromatic heterocycles. The van der Waals surface area contributed by atoms with Crippen molar-refractivity contribution in [2.24, 2.45) is 0 Å². The van der Waals surface area contributed by atoms with Gasteiger partial charge in [0.05, 0.1) is 5.69 Å². The van der Waals surface area contributed by atoms with Crippen LogP contribution in [-0.2, 0) is 6.54 Å². The van der Waals surface area contributed by atoms with Crippen LogP contribution in [0.1, 0.15) is 30.8 Å². The van der Waals surface area contributed by atoms with Crippen LogP contribution in [-0.4, -0.2) is 16.5 Å². The van der Waals surface area contributed by atoms with E-state index in [1.807, 2.05) is 11.5 Å². The highest BCUT2D eigenvalue weighted by atomic mass is 16.2. The summed E-state index contributed by atoms with van der Waals surface area (Å²) in [6.45, 7) is 8.36. The summed E-state index contributed by atoms with van der Waals surface area (Å²) in [6.07, 6.45) is 4.44. The maximum Gasteiger partial charge on any atom is 0.268 e. The van der Waals surface area contributed by atoms with Crippen molar-refractivity contribution in [3.8, 4) is 0 Å². The number of nitrogen functional groups attached to an aromatic ring is 1. The van der Waals surface area contributed by atoms with Gasteiger partial charge in [-0.05, 0) is 19.4 Å². The molecule has 1 amide bonds. The van der Waals surface area contributed by atoms with Gasteiger partial charge in [0.1, 0.15) is 5.69 Å². The van der Waals surface area contributed by atoms with Crippen molar-refractivity contribution < 1.29 is 4.79 Å². The van der Waals surface area contributed by atoms with Gasteiger partial charge in [0, 0.05) is 18.8 Å². The van der Waals surface area contributed by atoms with E-state index in [4.69, 9.17) is 5.73 Å². The van der Waals surface area contributed by atoms with Gasteiger partial charge < -0.3 is 15.6 Å². The second kappa shape index (κ2) is 5.39. The summed E-state index contributed by atoms with van der Waals surface area (Å²) in [5, 5.41) is 2.82. The van der Waals surface area contributed by atoms with Crippen LogP contribution >= 0.6 is 0 Å². The summed E-state index contributed by atoms with van der Waals surface area (Å²) in [5.74, 6) is -0.113. The van der Waals surface area contributed by atoms with Crippen molar-refractivity contribution in [3.05, 3.63) is 30.6 Å². The maximum atomic E-state index is 11.9. The van der Waals surface area contributed by atoms with Crippen molar-refractivity contribution in [2.75, 3.05) is 5.73 Å². The van der Waals surface area contributed by atoms with Crippen LogP contribution in [0.3, 0.4) is 0 Å². The van der Waals surface area contributed by atoms with E-state index in [2.05, 4.69) is 18.8 Å². The lowest BCUT2D eigenvalue weighted by molar-refractivity contribution is 0.0937. The normalized spacial score (nSPS) is 12.1.